The second kappa shape index (κ2) is 10.7. The van der Waals surface area contributed by atoms with Crippen LogP contribution in [-0.4, -0.2) is 35.6 Å². The third-order valence-electron chi connectivity index (χ3n) is 6.18. The molecule has 0 bridgehead atoms. The monoisotopic (exact) mass is 414 g/mol. The van der Waals surface area contributed by atoms with E-state index in [0.717, 1.165) is 56.6 Å². The Morgan fingerprint density at radius 2 is 2.00 bits per heavy atom. The molecule has 1 saturated carbocycles. The minimum absolute atomic E-state index is 0.0618. The van der Waals surface area contributed by atoms with Gasteiger partial charge < -0.3 is 21.1 Å². The summed E-state index contributed by atoms with van der Waals surface area (Å²) in [5.74, 6) is 1.34. The average Bonchev–Trinajstić information content (AvgIpc) is 2.73. The summed E-state index contributed by atoms with van der Waals surface area (Å²) in [4.78, 5) is 17.2. The fourth-order valence-corrected chi connectivity index (χ4v) is 4.70. The van der Waals surface area contributed by atoms with Crippen molar-refractivity contribution in [2.75, 3.05) is 6.54 Å². The normalized spacial score (nSPS) is 21.8. The van der Waals surface area contributed by atoms with E-state index in [1.54, 1.807) is 0 Å². The number of aromatic hydroxyl groups is 1. The zero-order chi connectivity index (χ0) is 21.5. The number of aliphatic imine (C=N–C) groups is 1. The maximum Gasteiger partial charge on any atom is 0.223 e. The van der Waals surface area contributed by atoms with Crippen LogP contribution in [0.2, 0.25) is 0 Å². The number of fused-ring (bicyclic) bond motifs is 1. The Morgan fingerprint density at radius 3 is 2.77 bits per heavy atom. The predicted octanol–water partition coefficient (Wildman–Crippen LogP) is 3.41. The van der Waals surface area contributed by atoms with E-state index in [4.69, 9.17) is 4.99 Å². The van der Waals surface area contributed by atoms with Crippen LogP contribution >= 0.6 is 0 Å². The molecule has 0 radical (unpaired) electrons. The molecular weight excluding hydrogens is 376 g/mol. The highest BCUT2D eigenvalue weighted by molar-refractivity contribution is 5.81. The van der Waals surface area contributed by atoms with Gasteiger partial charge in [-0.3, -0.25) is 4.79 Å². The van der Waals surface area contributed by atoms with Gasteiger partial charge in [0.25, 0.3) is 0 Å². The Hall–Kier alpha value is -2.24. The molecule has 30 heavy (non-hydrogen) atoms. The number of hydrogen-bond acceptors (Lipinski definition) is 3. The van der Waals surface area contributed by atoms with Gasteiger partial charge in [-0.1, -0.05) is 12.5 Å². The Labute approximate surface area is 180 Å². The van der Waals surface area contributed by atoms with E-state index in [9.17, 15) is 9.90 Å². The van der Waals surface area contributed by atoms with Crippen LogP contribution in [0.25, 0.3) is 0 Å². The van der Waals surface area contributed by atoms with Crippen LogP contribution in [0.5, 0.6) is 5.75 Å². The lowest BCUT2D eigenvalue weighted by Gasteiger charge is -2.30. The second-order valence-corrected chi connectivity index (χ2v) is 8.97. The van der Waals surface area contributed by atoms with Crippen molar-refractivity contribution in [2.24, 2.45) is 10.9 Å². The first-order chi connectivity index (χ1) is 14.5. The summed E-state index contributed by atoms with van der Waals surface area (Å²) in [5.41, 5.74) is 3.60. The predicted molar refractivity (Wildman–Crippen MR) is 122 cm³/mol. The molecule has 166 valence electrons. The smallest absolute Gasteiger partial charge is 0.223 e. The van der Waals surface area contributed by atoms with Crippen LogP contribution in [0.1, 0.15) is 76.0 Å². The third kappa shape index (κ3) is 5.89. The molecule has 1 fully saturated rings. The minimum atomic E-state index is 0.0618. The quantitative estimate of drug-likeness (QED) is 0.424. The summed E-state index contributed by atoms with van der Waals surface area (Å²) in [6.07, 6.45) is 8.37. The van der Waals surface area contributed by atoms with E-state index in [1.165, 1.54) is 24.0 Å². The molecule has 1 amide bonds. The van der Waals surface area contributed by atoms with Crippen LogP contribution in [0.3, 0.4) is 0 Å². The van der Waals surface area contributed by atoms with E-state index in [2.05, 4.69) is 28.9 Å². The van der Waals surface area contributed by atoms with Gasteiger partial charge in [0.1, 0.15) is 5.75 Å². The molecule has 1 aromatic carbocycles. The van der Waals surface area contributed by atoms with Crippen LogP contribution in [0.15, 0.2) is 17.1 Å². The van der Waals surface area contributed by atoms with Crippen molar-refractivity contribution >= 4 is 11.9 Å². The van der Waals surface area contributed by atoms with E-state index < -0.39 is 0 Å². The van der Waals surface area contributed by atoms with Crippen LogP contribution in [0.4, 0.5) is 0 Å². The van der Waals surface area contributed by atoms with Crippen LogP contribution in [0, 0.1) is 5.92 Å². The number of amides is 1. The minimum Gasteiger partial charge on any atom is -0.508 e. The van der Waals surface area contributed by atoms with Gasteiger partial charge in [0.15, 0.2) is 5.96 Å². The van der Waals surface area contributed by atoms with Crippen molar-refractivity contribution < 1.29 is 9.90 Å². The van der Waals surface area contributed by atoms with Crippen LogP contribution < -0.4 is 16.0 Å². The molecule has 0 saturated heterocycles. The van der Waals surface area contributed by atoms with Crippen molar-refractivity contribution in [1.82, 2.24) is 16.0 Å². The molecule has 0 heterocycles. The standard InChI is InChI=1S/C24H38N4O2/c1-4-25-24(28-19-10-7-9-18(14-19)23(30)27-16(2)3)26-15-21-20-11-6-5-8-17(20)12-13-22(21)29/h12-13,16,18-19,29H,4-11,14-15H2,1-3H3,(H,27,30)(H2,25,26,28). The number of phenolic OH excluding ortho intramolecular Hbond substituents is 1. The summed E-state index contributed by atoms with van der Waals surface area (Å²) < 4.78 is 0. The number of hydrogen-bond donors (Lipinski definition) is 4. The first-order valence-electron chi connectivity index (χ1n) is 11.7. The Morgan fingerprint density at radius 1 is 1.20 bits per heavy atom. The highest BCUT2D eigenvalue weighted by atomic mass is 16.3. The molecule has 0 spiro atoms. The van der Waals surface area contributed by atoms with E-state index >= 15 is 0 Å². The van der Waals surface area contributed by atoms with E-state index in [0.29, 0.717) is 12.3 Å². The average molecular weight is 415 g/mol. The molecule has 2 aliphatic carbocycles. The summed E-state index contributed by atoms with van der Waals surface area (Å²) in [7, 11) is 0. The number of carbonyl (C=O) groups is 1. The van der Waals surface area contributed by atoms with Crippen LogP contribution in [-0.2, 0) is 24.2 Å². The number of nitrogens with one attached hydrogen (secondary N) is 3. The summed E-state index contributed by atoms with van der Waals surface area (Å²) >= 11 is 0. The third-order valence-corrected chi connectivity index (χ3v) is 6.18. The highest BCUT2D eigenvalue weighted by Gasteiger charge is 2.28. The Kier molecular flexibility index (Phi) is 8.00. The SMILES string of the molecule is CCNC(=NCc1c(O)ccc2c1CCCC2)NC1CCCC(C(=O)NC(C)C)C1. The van der Waals surface area contributed by atoms with Gasteiger partial charge in [-0.25, -0.2) is 4.99 Å². The number of carbonyl (C=O) groups excluding carboxylic acids is 1. The van der Waals surface area contributed by atoms with Gasteiger partial charge in [0, 0.05) is 30.1 Å². The Balaban J connectivity index is 1.67. The molecule has 6 heteroatoms. The fraction of sp³-hybridized carbons (Fsp3) is 0.667. The number of benzene rings is 1. The lowest BCUT2D eigenvalue weighted by molar-refractivity contribution is -0.126. The summed E-state index contributed by atoms with van der Waals surface area (Å²) in [6.45, 7) is 7.30. The molecule has 0 aromatic heterocycles. The summed E-state index contributed by atoms with van der Waals surface area (Å²) in [6, 6.07) is 4.28. The zero-order valence-electron chi connectivity index (χ0n) is 18.8. The van der Waals surface area contributed by atoms with E-state index in [1.807, 2.05) is 19.9 Å². The van der Waals surface area contributed by atoms with Crippen molar-refractivity contribution in [3.63, 3.8) is 0 Å². The van der Waals surface area contributed by atoms with Crippen molar-refractivity contribution in [3.05, 3.63) is 28.8 Å². The summed E-state index contributed by atoms with van der Waals surface area (Å²) in [5, 5.41) is 20.4. The topological polar surface area (TPSA) is 85.8 Å². The second-order valence-electron chi connectivity index (χ2n) is 8.97. The number of phenols is 1. The van der Waals surface area contributed by atoms with Crippen molar-refractivity contribution in [3.8, 4) is 5.75 Å². The van der Waals surface area contributed by atoms with Gasteiger partial charge in [0.2, 0.25) is 5.91 Å². The first kappa shape index (κ1) is 22.4. The maximum atomic E-state index is 12.4. The Bertz CT molecular complexity index is 760. The van der Waals surface area contributed by atoms with Gasteiger partial charge in [-0.2, -0.15) is 0 Å². The molecule has 6 nitrogen and oxygen atoms in total. The number of nitrogens with zero attached hydrogens (tertiary/aromatic N) is 1. The highest BCUT2D eigenvalue weighted by Crippen LogP contribution is 2.31. The lowest BCUT2D eigenvalue weighted by atomic mass is 9.85. The molecule has 0 aliphatic heterocycles. The van der Waals surface area contributed by atoms with Crippen molar-refractivity contribution in [2.45, 2.75) is 90.8 Å². The van der Waals surface area contributed by atoms with Gasteiger partial charge in [-0.05, 0) is 82.9 Å². The van der Waals surface area contributed by atoms with E-state index in [-0.39, 0.29) is 23.9 Å². The number of guanidine groups is 1. The zero-order valence-corrected chi connectivity index (χ0v) is 18.8. The number of rotatable bonds is 6. The fourth-order valence-electron chi connectivity index (χ4n) is 4.70. The lowest BCUT2D eigenvalue weighted by Crippen LogP contribution is -2.47. The van der Waals surface area contributed by atoms with Crippen molar-refractivity contribution in [1.29, 1.82) is 0 Å². The maximum absolute atomic E-state index is 12.4. The van der Waals surface area contributed by atoms with Gasteiger partial charge >= 0.3 is 0 Å². The number of aryl methyl sites for hydroxylation is 1. The molecule has 4 N–H and O–H groups in total. The van der Waals surface area contributed by atoms with Gasteiger partial charge in [-0.15, -0.1) is 0 Å². The molecule has 2 aliphatic rings. The first-order valence-corrected chi connectivity index (χ1v) is 11.7. The molecule has 2 atom stereocenters. The van der Waals surface area contributed by atoms with Gasteiger partial charge in [0.05, 0.1) is 6.54 Å². The molecule has 3 rings (SSSR count). The molecular formula is C24H38N4O2. The molecule has 2 unspecified atom stereocenters. The largest absolute Gasteiger partial charge is 0.508 e. The molecule has 1 aromatic rings.